The van der Waals surface area contributed by atoms with Crippen molar-refractivity contribution in [2.24, 2.45) is 0 Å². The molecule has 3 amide bonds. The fraction of sp³-hybridized carbons (Fsp3) is 0.769. The highest BCUT2D eigenvalue weighted by Crippen LogP contribution is 2.17. The van der Waals surface area contributed by atoms with E-state index in [-0.39, 0.29) is 24.8 Å². The van der Waals surface area contributed by atoms with Crippen molar-refractivity contribution in [3.05, 3.63) is 0 Å². The highest BCUT2D eigenvalue weighted by atomic mass is 16.4. The molecule has 6 nitrogen and oxygen atoms in total. The number of hydrogen-bond acceptors (Lipinski definition) is 3. The van der Waals surface area contributed by atoms with Gasteiger partial charge >= 0.3 is 12.0 Å². The van der Waals surface area contributed by atoms with E-state index in [1.807, 2.05) is 0 Å². The zero-order valence-corrected chi connectivity index (χ0v) is 11.1. The Balaban J connectivity index is 2.09. The van der Waals surface area contributed by atoms with E-state index in [0.29, 0.717) is 12.8 Å². The summed E-state index contributed by atoms with van der Waals surface area (Å²) in [4.78, 5) is 33.2. The van der Waals surface area contributed by atoms with Crippen LogP contribution in [0.3, 0.4) is 0 Å². The number of carbonyl (C=O) groups is 3. The molecule has 0 heterocycles. The largest absolute Gasteiger partial charge is 0.481 e. The Morgan fingerprint density at radius 2 is 1.63 bits per heavy atom. The summed E-state index contributed by atoms with van der Waals surface area (Å²) < 4.78 is 0. The number of aliphatic carboxylic acids is 1. The molecule has 108 valence electrons. The van der Waals surface area contributed by atoms with Crippen LogP contribution in [-0.4, -0.2) is 29.1 Å². The van der Waals surface area contributed by atoms with E-state index in [4.69, 9.17) is 5.11 Å². The van der Waals surface area contributed by atoms with Crippen molar-refractivity contribution < 1.29 is 19.5 Å². The molecule has 6 heteroatoms. The molecule has 0 radical (unpaired) electrons. The Morgan fingerprint density at radius 3 is 2.26 bits per heavy atom. The number of carboxylic acids is 1. The highest BCUT2D eigenvalue weighted by molar-refractivity contribution is 5.94. The third kappa shape index (κ3) is 7.43. The van der Waals surface area contributed by atoms with Crippen molar-refractivity contribution >= 4 is 17.9 Å². The second-order valence-corrected chi connectivity index (χ2v) is 4.96. The summed E-state index contributed by atoms with van der Waals surface area (Å²) in [6, 6.07) is -0.260. The maximum atomic E-state index is 11.5. The minimum Gasteiger partial charge on any atom is -0.481 e. The lowest BCUT2D eigenvalue weighted by atomic mass is 9.96. The number of carbonyl (C=O) groups excluding carboxylic acids is 2. The summed E-state index contributed by atoms with van der Waals surface area (Å²) in [6.07, 6.45) is 6.57. The minimum absolute atomic E-state index is 0.0571. The van der Waals surface area contributed by atoms with E-state index in [0.717, 1.165) is 25.7 Å². The number of amides is 3. The van der Waals surface area contributed by atoms with E-state index >= 15 is 0 Å². The van der Waals surface area contributed by atoms with Gasteiger partial charge in [0.1, 0.15) is 0 Å². The molecule has 3 N–H and O–H groups in total. The van der Waals surface area contributed by atoms with Crippen LogP contribution in [0, 0.1) is 0 Å². The van der Waals surface area contributed by atoms with E-state index in [9.17, 15) is 14.4 Å². The van der Waals surface area contributed by atoms with Gasteiger partial charge in [0.2, 0.25) is 5.91 Å². The number of unbranched alkanes of at least 4 members (excludes halogenated alkanes) is 1. The molecule has 0 spiro atoms. The zero-order chi connectivity index (χ0) is 14.1. The molecule has 1 aliphatic rings. The molecule has 0 aromatic heterocycles. The van der Waals surface area contributed by atoms with E-state index in [1.54, 1.807) is 0 Å². The lowest BCUT2D eigenvalue weighted by molar-refractivity contribution is -0.137. The van der Waals surface area contributed by atoms with E-state index in [1.165, 1.54) is 6.42 Å². The SMILES string of the molecule is O=C(O)CCCCC(=O)NC(=O)NC1CCCCC1. The first-order valence-corrected chi connectivity index (χ1v) is 6.90. The van der Waals surface area contributed by atoms with Crippen molar-refractivity contribution in [2.45, 2.75) is 63.8 Å². The predicted molar refractivity (Wildman–Crippen MR) is 69.7 cm³/mol. The summed E-state index contributed by atoms with van der Waals surface area (Å²) in [5.74, 6) is -1.21. The van der Waals surface area contributed by atoms with Crippen LogP contribution in [0.2, 0.25) is 0 Å². The Labute approximate surface area is 112 Å². The monoisotopic (exact) mass is 270 g/mol. The van der Waals surface area contributed by atoms with Crippen molar-refractivity contribution in [1.29, 1.82) is 0 Å². The molecule has 1 aliphatic carbocycles. The van der Waals surface area contributed by atoms with Crippen LogP contribution in [0.5, 0.6) is 0 Å². The fourth-order valence-electron chi connectivity index (χ4n) is 2.22. The minimum atomic E-state index is -0.865. The van der Waals surface area contributed by atoms with Gasteiger partial charge in [-0.15, -0.1) is 0 Å². The molecule has 1 fully saturated rings. The van der Waals surface area contributed by atoms with Crippen molar-refractivity contribution in [3.8, 4) is 0 Å². The highest BCUT2D eigenvalue weighted by Gasteiger charge is 2.16. The second kappa shape index (κ2) is 8.50. The summed E-state index contributed by atoms with van der Waals surface area (Å²) in [7, 11) is 0. The van der Waals surface area contributed by atoms with Gasteiger partial charge in [-0.1, -0.05) is 19.3 Å². The quantitative estimate of drug-likeness (QED) is 0.641. The Kier molecular flexibility index (Phi) is 6.92. The van der Waals surface area contributed by atoms with E-state index in [2.05, 4.69) is 10.6 Å². The molecule has 1 rings (SSSR count). The van der Waals surface area contributed by atoms with Gasteiger partial charge in [0.25, 0.3) is 0 Å². The maximum Gasteiger partial charge on any atom is 0.321 e. The first-order chi connectivity index (χ1) is 9.08. The molecule has 0 aromatic carbocycles. The van der Waals surface area contributed by atoms with Gasteiger partial charge in [0, 0.05) is 18.9 Å². The molecule has 0 aliphatic heterocycles. The smallest absolute Gasteiger partial charge is 0.321 e. The number of urea groups is 1. The van der Waals surface area contributed by atoms with Gasteiger partial charge in [0.15, 0.2) is 0 Å². The zero-order valence-electron chi connectivity index (χ0n) is 11.1. The Hall–Kier alpha value is -1.59. The first kappa shape index (κ1) is 15.5. The Bertz CT molecular complexity index is 325. The van der Waals surface area contributed by atoms with Gasteiger partial charge in [-0.2, -0.15) is 0 Å². The third-order valence-electron chi connectivity index (χ3n) is 3.24. The fourth-order valence-corrected chi connectivity index (χ4v) is 2.22. The van der Waals surface area contributed by atoms with Crippen LogP contribution in [0.4, 0.5) is 4.79 Å². The van der Waals surface area contributed by atoms with Crippen LogP contribution < -0.4 is 10.6 Å². The molecule has 0 aromatic rings. The van der Waals surface area contributed by atoms with Crippen LogP contribution in [0.25, 0.3) is 0 Å². The predicted octanol–water partition coefficient (Wildman–Crippen LogP) is 1.79. The van der Waals surface area contributed by atoms with Crippen molar-refractivity contribution in [1.82, 2.24) is 10.6 Å². The van der Waals surface area contributed by atoms with Crippen molar-refractivity contribution in [3.63, 3.8) is 0 Å². The second-order valence-electron chi connectivity index (χ2n) is 4.96. The molecule has 0 saturated heterocycles. The normalized spacial score (nSPS) is 15.8. The average Bonchev–Trinajstić information content (AvgIpc) is 2.35. The molecular weight excluding hydrogens is 248 g/mol. The van der Waals surface area contributed by atoms with E-state index < -0.39 is 12.0 Å². The Morgan fingerprint density at radius 1 is 1.00 bits per heavy atom. The summed E-state index contributed by atoms with van der Waals surface area (Å²) in [5, 5.41) is 13.5. The number of carboxylic acid groups (broad SMARTS) is 1. The molecule has 0 atom stereocenters. The van der Waals surface area contributed by atoms with Crippen LogP contribution in [-0.2, 0) is 9.59 Å². The molecular formula is C13H22N2O4. The molecule has 0 bridgehead atoms. The summed E-state index contributed by atoms with van der Waals surface area (Å²) >= 11 is 0. The lowest BCUT2D eigenvalue weighted by Crippen LogP contribution is -2.45. The lowest BCUT2D eigenvalue weighted by Gasteiger charge is -2.22. The number of hydrogen-bond donors (Lipinski definition) is 3. The first-order valence-electron chi connectivity index (χ1n) is 6.90. The standard InChI is InChI=1S/C13H22N2O4/c16-11(8-4-5-9-12(17)18)15-13(19)14-10-6-2-1-3-7-10/h10H,1-9H2,(H,17,18)(H2,14,15,16,19). The van der Waals surface area contributed by atoms with Gasteiger partial charge in [0.05, 0.1) is 0 Å². The van der Waals surface area contributed by atoms with Gasteiger partial charge in [-0.3, -0.25) is 14.9 Å². The number of rotatable bonds is 6. The summed E-state index contributed by atoms with van der Waals surface area (Å²) in [5.41, 5.74) is 0. The number of nitrogens with one attached hydrogen (secondary N) is 2. The van der Waals surface area contributed by atoms with Crippen molar-refractivity contribution in [2.75, 3.05) is 0 Å². The summed E-state index contributed by atoms with van der Waals surface area (Å²) in [6.45, 7) is 0. The average molecular weight is 270 g/mol. The van der Waals surface area contributed by atoms with Crippen LogP contribution in [0.15, 0.2) is 0 Å². The number of imide groups is 1. The van der Waals surface area contributed by atoms with Crippen LogP contribution >= 0.6 is 0 Å². The third-order valence-corrected chi connectivity index (χ3v) is 3.24. The topological polar surface area (TPSA) is 95.5 Å². The van der Waals surface area contributed by atoms with Gasteiger partial charge < -0.3 is 10.4 Å². The van der Waals surface area contributed by atoms with Gasteiger partial charge in [-0.05, 0) is 25.7 Å². The molecule has 0 unspecified atom stereocenters. The molecule has 1 saturated carbocycles. The van der Waals surface area contributed by atoms with Gasteiger partial charge in [-0.25, -0.2) is 4.79 Å². The molecule has 19 heavy (non-hydrogen) atoms. The van der Waals surface area contributed by atoms with Crippen LogP contribution in [0.1, 0.15) is 57.8 Å². The maximum absolute atomic E-state index is 11.5.